The fourth-order valence-electron chi connectivity index (χ4n) is 1.50. The number of aliphatic hydroxyl groups is 1. The number of likely N-dealkylation sites (N-methyl/N-ethyl adjacent to an activating group) is 1. The van der Waals surface area contributed by atoms with Crippen LogP contribution in [0.15, 0.2) is 0 Å². The van der Waals surface area contributed by atoms with Gasteiger partial charge in [-0.2, -0.15) is 0 Å². The largest absolute Gasteiger partial charge is 0.432 e. The first-order chi connectivity index (χ1) is 6.14. The number of hydrogen-bond donors (Lipinski definition) is 1. The SMILES string of the molecule is CC[N+](CC)(CC)CC(O)OC=O. The average Bonchev–Trinajstić information content (AvgIpc) is 2.15. The van der Waals surface area contributed by atoms with Crippen LogP contribution in [0.25, 0.3) is 0 Å². The van der Waals surface area contributed by atoms with Crippen molar-refractivity contribution in [3.8, 4) is 0 Å². The van der Waals surface area contributed by atoms with E-state index in [1.54, 1.807) is 0 Å². The van der Waals surface area contributed by atoms with Gasteiger partial charge >= 0.3 is 0 Å². The number of ether oxygens (including phenoxy) is 1. The van der Waals surface area contributed by atoms with E-state index in [2.05, 4.69) is 25.5 Å². The molecule has 0 radical (unpaired) electrons. The number of nitrogens with zero attached hydrogens (tertiary/aromatic N) is 1. The van der Waals surface area contributed by atoms with Gasteiger partial charge in [0.1, 0.15) is 6.54 Å². The van der Waals surface area contributed by atoms with E-state index in [1.165, 1.54) is 0 Å². The third-order valence-electron chi connectivity index (χ3n) is 2.77. The summed E-state index contributed by atoms with van der Waals surface area (Å²) in [4.78, 5) is 9.98. The molecule has 13 heavy (non-hydrogen) atoms. The summed E-state index contributed by atoms with van der Waals surface area (Å²) in [5, 5.41) is 9.31. The van der Waals surface area contributed by atoms with E-state index in [1.807, 2.05) is 0 Å². The maximum Gasteiger partial charge on any atom is 0.295 e. The van der Waals surface area contributed by atoms with E-state index in [-0.39, 0.29) is 0 Å². The van der Waals surface area contributed by atoms with Crippen molar-refractivity contribution in [2.24, 2.45) is 0 Å². The number of carbonyl (C=O) groups is 1. The Morgan fingerprint density at radius 1 is 1.31 bits per heavy atom. The Morgan fingerprint density at radius 3 is 2.08 bits per heavy atom. The first kappa shape index (κ1) is 12.4. The minimum Gasteiger partial charge on any atom is -0.432 e. The van der Waals surface area contributed by atoms with Crippen LogP contribution in [0.5, 0.6) is 0 Å². The minimum absolute atomic E-state index is 0.292. The summed E-state index contributed by atoms with van der Waals surface area (Å²) in [5.74, 6) is 0. The van der Waals surface area contributed by atoms with Gasteiger partial charge in [0.2, 0.25) is 6.29 Å². The predicted octanol–water partition coefficient (Wildman–Crippen LogP) is 0.354. The normalized spacial score (nSPS) is 13.8. The molecule has 0 aromatic rings. The van der Waals surface area contributed by atoms with Crippen LogP contribution in [0.4, 0.5) is 0 Å². The standard InChI is InChI=1S/C9H20NO3/c1-4-10(5-2,6-3)7-9(12)13-8-11/h8-9,12H,4-7H2,1-3H3/q+1. The third kappa shape index (κ3) is 3.74. The van der Waals surface area contributed by atoms with Crippen LogP contribution in [0, 0.1) is 0 Å². The van der Waals surface area contributed by atoms with Crippen molar-refractivity contribution in [2.75, 3.05) is 26.2 Å². The van der Waals surface area contributed by atoms with Gasteiger partial charge < -0.3 is 14.3 Å². The quantitative estimate of drug-likeness (QED) is 0.358. The van der Waals surface area contributed by atoms with E-state index >= 15 is 0 Å². The van der Waals surface area contributed by atoms with Crippen molar-refractivity contribution in [3.05, 3.63) is 0 Å². The summed E-state index contributed by atoms with van der Waals surface area (Å²) < 4.78 is 5.24. The summed E-state index contributed by atoms with van der Waals surface area (Å²) in [6.45, 7) is 9.79. The van der Waals surface area contributed by atoms with Crippen molar-refractivity contribution in [3.63, 3.8) is 0 Å². The molecule has 0 aliphatic rings. The van der Waals surface area contributed by atoms with Crippen LogP contribution >= 0.6 is 0 Å². The molecule has 1 unspecified atom stereocenters. The van der Waals surface area contributed by atoms with Crippen LogP contribution in [0.3, 0.4) is 0 Å². The van der Waals surface area contributed by atoms with Crippen molar-refractivity contribution in [1.82, 2.24) is 0 Å². The molecule has 0 heterocycles. The Labute approximate surface area is 79.7 Å². The predicted molar refractivity (Wildman–Crippen MR) is 49.9 cm³/mol. The molecule has 78 valence electrons. The van der Waals surface area contributed by atoms with Gasteiger partial charge in [-0.25, -0.2) is 0 Å². The topological polar surface area (TPSA) is 46.5 Å². The highest BCUT2D eigenvalue weighted by molar-refractivity contribution is 5.37. The fraction of sp³-hybridized carbons (Fsp3) is 0.889. The van der Waals surface area contributed by atoms with Gasteiger partial charge in [0.25, 0.3) is 6.47 Å². The lowest BCUT2D eigenvalue weighted by Gasteiger charge is -2.36. The molecule has 0 spiro atoms. The lowest BCUT2D eigenvalue weighted by atomic mass is 10.3. The molecule has 0 aliphatic heterocycles. The van der Waals surface area contributed by atoms with Gasteiger partial charge in [-0.3, -0.25) is 4.79 Å². The Bertz CT molecular complexity index is 138. The second kappa shape index (κ2) is 5.94. The highest BCUT2D eigenvalue weighted by Gasteiger charge is 2.25. The smallest absolute Gasteiger partial charge is 0.295 e. The van der Waals surface area contributed by atoms with Gasteiger partial charge in [0.05, 0.1) is 19.6 Å². The number of hydrogen-bond acceptors (Lipinski definition) is 3. The van der Waals surface area contributed by atoms with Gasteiger partial charge in [-0.05, 0) is 20.8 Å². The molecule has 0 aromatic heterocycles. The zero-order valence-electron chi connectivity index (χ0n) is 8.69. The monoisotopic (exact) mass is 190 g/mol. The summed E-state index contributed by atoms with van der Waals surface area (Å²) in [6.07, 6.45) is -0.975. The second-order valence-electron chi connectivity index (χ2n) is 3.16. The molecular weight excluding hydrogens is 170 g/mol. The summed E-state index contributed by atoms with van der Waals surface area (Å²) in [7, 11) is 0. The van der Waals surface area contributed by atoms with Crippen LogP contribution in [0.2, 0.25) is 0 Å². The molecule has 4 nitrogen and oxygen atoms in total. The van der Waals surface area contributed by atoms with E-state index in [0.29, 0.717) is 13.0 Å². The highest BCUT2D eigenvalue weighted by Crippen LogP contribution is 2.07. The molecule has 0 rings (SSSR count). The Balaban J connectivity index is 4.14. The minimum atomic E-state index is -0.975. The maximum absolute atomic E-state index is 9.98. The molecule has 0 amide bonds. The number of rotatable bonds is 7. The highest BCUT2D eigenvalue weighted by atomic mass is 16.6. The number of aliphatic hydroxyl groups excluding tert-OH is 1. The van der Waals surface area contributed by atoms with Gasteiger partial charge in [-0.1, -0.05) is 0 Å². The van der Waals surface area contributed by atoms with Crippen molar-refractivity contribution < 1.29 is 19.1 Å². The number of carbonyl (C=O) groups excluding carboxylic acids is 1. The lowest BCUT2D eigenvalue weighted by Crippen LogP contribution is -2.52. The Kier molecular flexibility index (Phi) is 5.66. The maximum atomic E-state index is 9.98. The Hall–Kier alpha value is -0.610. The summed E-state index contributed by atoms with van der Waals surface area (Å²) in [6, 6.07) is 0. The van der Waals surface area contributed by atoms with Crippen molar-refractivity contribution in [2.45, 2.75) is 27.1 Å². The van der Waals surface area contributed by atoms with Gasteiger partial charge in [0, 0.05) is 0 Å². The molecule has 0 aliphatic carbocycles. The molecule has 4 heteroatoms. The van der Waals surface area contributed by atoms with Crippen LogP contribution in [-0.4, -0.2) is 48.5 Å². The van der Waals surface area contributed by atoms with E-state index < -0.39 is 6.29 Å². The molecule has 0 aromatic carbocycles. The Morgan fingerprint density at radius 2 is 1.77 bits per heavy atom. The van der Waals surface area contributed by atoms with Crippen molar-refractivity contribution >= 4 is 6.47 Å². The van der Waals surface area contributed by atoms with Crippen LogP contribution in [0.1, 0.15) is 20.8 Å². The first-order valence-corrected chi connectivity index (χ1v) is 4.76. The fourth-order valence-corrected chi connectivity index (χ4v) is 1.50. The zero-order valence-corrected chi connectivity index (χ0v) is 8.69. The average molecular weight is 190 g/mol. The number of quaternary nitrogens is 1. The lowest BCUT2D eigenvalue weighted by molar-refractivity contribution is -0.928. The van der Waals surface area contributed by atoms with E-state index in [9.17, 15) is 9.90 Å². The molecule has 0 bridgehead atoms. The third-order valence-corrected chi connectivity index (χ3v) is 2.77. The zero-order chi connectivity index (χ0) is 10.3. The molecule has 1 N–H and O–H groups in total. The molecule has 1 atom stereocenters. The first-order valence-electron chi connectivity index (χ1n) is 4.76. The van der Waals surface area contributed by atoms with Crippen molar-refractivity contribution in [1.29, 1.82) is 0 Å². The van der Waals surface area contributed by atoms with Crippen LogP contribution < -0.4 is 0 Å². The molecule has 0 saturated heterocycles. The summed E-state index contributed by atoms with van der Waals surface area (Å²) in [5.41, 5.74) is 0. The van der Waals surface area contributed by atoms with E-state index in [0.717, 1.165) is 24.1 Å². The van der Waals surface area contributed by atoms with E-state index in [4.69, 9.17) is 0 Å². The molecule has 0 fully saturated rings. The second-order valence-corrected chi connectivity index (χ2v) is 3.16. The van der Waals surface area contributed by atoms with Gasteiger partial charge in [-0.15, -0.1) is 0 Å². The summed E-state index contributed by atoms with van der Waals surface area (Å²) >= 11 is 0. The van der Waals surface area contributed by atoms with Gasteiger partial charge in [0.15, 0.2) is 0 Å². The molecule has 0 saturated carbocycles. The molecular formula is C9H20NO3+. The van der Waals surface area contributed by atoms with Crippen LogP contribution in [-0.2, 0) is 9.53 Å².